The van der Waals surface area contributed by atoms with E-state index in [0.29, 0.717) is 24.4 Å². The van der Waals surface area contributed by atoms with E-state index < -0.39 is 0 Å². The van der Waals surface area contributed by atoms with E-state index in [1.807, 2.05) is 47.8 Å². The Morgan fingerprint density at radius 1 is 1.15 bits per heavy atom. The van der Waals surface area contributed by atoms with E-state index in [1.165, 1.54) is 0 Å². The zero-order chi connectivity index (χ0) is 17.9. The minimum Gasteiger partial charge on any atom is -0.493 e. The molecule has 0 spiro atoms. The van der Waals surface area contributed by atoms with Crippen LogP contribution in [0.4, 0.5) is 0 Å². The molecule has 6 heteroatoms. The van der Waals surface area contributed by atoms with Crippen LogP contribution in [0.2, 0.25) is 0 Å². The molecule has 5 nitrogen and oxygen atoms in total. The van der Waals surface area contributed by atoms with Crippen LogP contribution >= 0.6 is 11.3 Å². The third-order valence-electron chi connectivity index (χ3n) is 4.08. The second-order valence-corrected chi connectivity index (χ2v) is 6.84. The van der Waals surface area contributed by atoms with Gasteiger partial charge in [0.15, 0.2) is 17.1 Å². The Hall–Kier alpha value is -2.99. The van der Waals surface area contributed by atoms with Gasteiger partial charge in [-0.05, 0) is 35.7 Å². The maximum atomic E-state index is 13.1. The molecule has 3 heterocycles. The normalized spacial score (nSPS) is 11.0. The van der Waals surface area contributed by atoms with Gasteiger partial charge in [0.25, 0.3) is 5.91 Å². The molecule has 0 aliphatic heterocycles. The molecular formula is C20H17NO4S. The smallest absolute Gasteiger partial charge is 0.290 e. The summed E-state index contributed by atoms with van der Waals surface area (Å²) in [4.78, 5) is 15.9. The molecule has 0 saturated carbocycles. The maximum absolute atomic E-state index is 13.1. The molecule has 0 N–H and O–H groups in total. The van der Waals surface area contributed by atoms with E-state index in [-0.39, 0.29) is 11.7 Å². The van der Waals surface area contributed by atoms with Gasteiger partial charge in [-0.3, -0.25) is 4.79 Å². The Labute approximate surface area is 154 Å². The molecule has 0 aliphatic rings. The molecule has 132 valence electrons. The minimum absolute atomic E-state index is 0.187. The van der Waals surface area contributed by atoms with E-state index in [0.717, 1.165) is 16.0 Å². The fourth-order valence-electron chi connectivity index (χ4n) is 2.84. The zero-order valence-corrected chi connectivity index (χ0v) is 15.0. The molecule has 4 rings (SSSR count). The van der Waals surface area contributed by atoms with Crippen molar-refractivity contribution < 1.29 is 18.4 Å². The average Bonchev–Trinajstić information content (AvgIpc) is 3.41. The van der Waals surface area contributed by atoms with Crippen molar-refractivity contribution in [1.82, 2.24) is 4.90 Å². The highest BCUT2D eigenvalue weighted by Crippen LogP contribution is 2.29. The molecule has 4 aromatic rings. The van der Waals surface area contributed by atoms with Crippen LogP contribution in [0, 0.1) is 0 Å². The third kappa shape index (κ3) is 3.23. The highest BCUT2D eigenvalue weighted by atomic mass is 32.1. The monoisotopic (exact) mass is 367 g/mol. The first kappa shape index (κ1) is 16.5. The fraction of sp³-hybridized carbons (Fsp3) is 0.150. The van der Waals surface area contributed by atoms with Crippen LogP contribution < -0.4 is 4.74 Å². The molecule has 0 fully saturated rings. The number of furan rings is 2. The summed E-state index contributed by atoms with van der Waals surface area (Å²) >= 11 is 1.61. The first-order valence-electron chi connectivity index (χ1n) is 8.15. The second-order valence-electron chi connectivity index (χ2n) is 5.81. The average molecular weight is 367 g/mol. The van der Waals surface area contributed by atoms with Crippen molar-refractivity contribution in [2.75, 3.05) is 7.11 Å². The third-order valence-corrected chi connectivity index (χ3v) is 4.94. The highest BCUT2D eigenvalue weighted by molar-refractivity contribution is 7.09. The van der Waals surface area contributed by atoms with Gasteiger partial charge in [0.2, 0.25) is 0 Å². The number of hydrogen-bond donors (Lipinski definition) is 0. The number of hydrogen-bond acceptors (Lipinski definition) is 5. The topological polar surface area (TPSA) is 55.8 Å². The SMILES string of the molecule is COc1cccc2cc(C(=O)N(Cc3ccco3)Cc3cccs3)oc12. The van der Waals surface area contributed by atoms with Gasteiger partial charge in [-0.1, -0.05) is 18.2 Å². The van der Waals surface area contributed by atoms with E-state index in [2.05, 4.69) is 0 Å². The van der Waals surface area contributed by atoms with Gasteiger partial charge < -0.3 is 18.5 Å². The Morgan fingerprint density at radius 3 is 2.81 bits per heavy atom. The first-order chi connectivity index (χ1) is 12.7. The van der Waals surface area contributed by atoms with Gasteiger partial charge in [-0.15, -0.1) is 11.3 Å². The van der Waals surface area contributed by atoms with Crippen molar-refractivity contribution in [3.05, 3.63) is 76.6 Å². The molecule has 1 aromatic carbocycles. The molecule has 0 unspecified atom stereocenters. The summed E-state index contributed by atoms with van der Waals surface area (Å²) in [6.45, 7) is 0.864. The number of thiophene rings is 1. The van der Waals surface area contributed by atoms with Crippen LogP contribution in [0.5, 0.6) is 5.75 Å². The minimum atomic E-state index is -0.187. The molecule has 0 atom stereocenters. The Kier molecular flexibility index (Phi) is 4.50. The Balaban J connectivity index is 1.67. The molecule has 1 amide bonds. The number of methoxy groups -OCH3 is 1. The number of para-hydroxylation sites is 1. The molecule has 3 aromatic heterocycles. The number of carbonyl (C=O) groups is 1. The van der Waals surface area contributed by atoms with Gasteiger partial charge >= 0.3 is 0 Å². The van der Waals surface area contributed by atoms with Gasteiger partial charge in [0, 0.05) is 10.3 Å². The summed E-state index contributed by atoms with van der Waals surface area (Å²) < 4.78 is 16.6. The molecule has 0 bridgehead atoms. The van der Waals surface area contributed by atoms with Crippen LogP contribution in [0.3, 0.4) is 0 Å². The standard InChI is InChI=1S/C20H17NO4S/c1-23-17-8-2-5-14-11-18(25-19(14)17)20(22)21(12-15-6-3-9-24-15)13-16-7-4-10-26-16/h2-11H,12-13H2,1H3. The fourth-order valence-corrected chi connectivity index (χ4v) is 3.56. The van der Waals surface area contributed by atoms with Crippen LogP contribution in [0.1, 0.15) is 21.2 Å². The summed E-state index contributed by atoms with van der Waals surface area (Å²) in [5.74, 6) is 1.43. The quantitative estimate of drug-likeness (QED) is 0.484. The number of ether oxygens (including phenoxy) is 1. The van der Waals surface area contributed by atoms with Crippen molar-refractivity contribution in [2.45, 2.75) is 13.1 Å². The van der Waals surface area contributed by atoms with Gasteiger partial charge in [0.1, 0.15) is 5.76 Å². The largest absolute Gasteiger partial charge is 0.493 e. The lowest BCUT2D eigenvalue weighted by atomic mass is 10.2. The predicted molar refractivity (Wildman–Crippen MR) is 99.4 cm³/mol. The van der Waals surface area contributed by atoms with E-state index in [1.54, 1.807) is 35.7 Å². The van der Waals surface area contributed by atoms with Crippen molar-refractivity contribution in [3.63, 3.8) is 0 Å². The van der Waals surface area contributed by atoms with Crippen molar-refractivity contribution in [1.29, 1.82) is 0 Å². The van der Waals surface area contributed by atoms with Crippen LogP contribution in [0.15, 0.2) is 69.0 Å². The summed E-state index contributed by atoms with van der Waals surface area (Å²) in [6, 6.07) is 15.0. The summed E-state index contributed by atoms with van der Waals surface area (Å²) in [5, 5.41) is 2.83. The summed E-state index contributed by atoms with van der Waals surface area (Å²) in [6.07, 6.45) is 1.61. The predicted octanol–water partition coefficient (Wildman–Crippen LogP) is 4.94. The second kappa shape index (κ2) is 7.09. The highest BCUT2D eigenvalue weighted by Gasteiger charge is 2.22. The lowest BCUT2D eigenvalue weighted by Crippen LogP contribution is -2.29. The zero-order valence-electron chi connectivity index (χ0n) is 14.2. The van der Waals surface area contributed by atoms with Gasteiger partial charge in [-0.25, -0.2) is 0 Å². The molecule has 0 aliphatic carbocycles. The van der Waals surface area contributed by atoms with Crippen molar-refractivity contribution >= 4 is 28.2 Å². The molecule has 26 heavy (non-hydrogen) atoms. The van der Waals surface area contributed by atoms with Crippen molar-refractivity contribution in [2.24, 2.45) is 0 Å². The van der Waals surface area contributed by atoms with Crippen LogP contribution in [0.25, 0.3) is 11.0 Å². The first-order valence-corrected chi connectivity index (χ1v) is 9.03. The summed E-state index contributed by atoms with van der Waals surface area (Å²) in [7, 11) is 1.58. The van der Waals surface area contributed by atoms with Crippen LogP contribution in [-0.4, -0.2) is 17.9 Å². The molecule has 0 radical (unpaired) electrons. The van der Waals surface area contributed by atoms with E-state index >= 15 is 0 Å². The number of nitrogens with zero attached hydrogens (tertiary/aromatic N) is 1. The van der Waals surface area contributed by atoms with Gasteiger partial charge in [-0.2, -0.15) is 0 Å². The summed E-state index contributed by atoms with van der Waals surface area (Å²) in [5.41, 5.74) is 0.576. The van der Waals surface area contributed by atoms with E-state index in [9.17, 15) is 4.79 Å². The lowest BCUT2D eigenvalue weighted by molar-refractivity contribution is 0.0689. The number of carbonyl (C=O) groups excluding carboxylic acids is 1. The van der Waals surface area contributed by atoms with Gasteiger partial charge in [0.05, 0.1) is 26.5 Å². The number of benzene rings is 1. The number of amides is 1. The Morgan fingerprint density at radius 2 is 2.08 bits per heavy atom. The van der Waals surface area contributed by atoms with Crippen molar-refractivity contribution in [3.8, 4) is 5.75 Å². The number of rotatable bonds is 6. The van der Waals surface area contributed by atoms with Crippen LogP contribution in [-0.2, 0) is 13.1 Å². The molecule has 0 saturated heterocycles. The lowest BCUT2D eigenvalue weighted by Gasteiger charge is -2.19. The maximum Gasteiger partial charge on any atom is 0.290 e. The molecular weight excluding hydrogens is 350 g/mol. The number of fused-ring (bicyclic) bond motifs is 1. The Bertz CT molecular complexity index is 966. The van der Waals surface area contributed by atoms with E-state index in [4.69, 9.17) is 13.6 Å².